The van der Waals surface area contributed by atoms with E-state index in [1.165, 1.54) is 13.3 Å². The van der Waals surface area contributed by atoms with Crippen molar-refractivity contribution in [3.05, 3.63) is 33.6 Å². The van der Waals surface area contributed by atoms with Gasteiger partial charge in [-0.05, 0) is 57.0 Å². The summed E-state index contributed by atoms with van der Waals surface area (Å²) >= 11 is 3.24. The number of anilines is 1. The number of phenols is 1. The Kier molecular flexibility index (Phi) is 7.37. The van der Waals surface area contributed by atoms with Crippen molar-refractivity contribution in [1.29, 1.82) is 0 Å². The summed E-state index contributed by atoms with van der Waals surface area (Å²) < 4.78 is 11.3. The number of nitrogens with zero attached hydrogens (tertiary/aromatic N) is 7. The van der Waals surface area contributed by atoms with Crippen LogP contribution in [-0.4, -0.2) is 67.6 Å². The molecule has 0 aliphatic carbocycles. The largest absolute Gasteiger partial charge is 0.503 e. The van der Waals surface area contributed by atoms with Gasteiger partial charge in [-0.25, -0.2) is 10.1 Å². The lowest BCUT2D eigenvalue weighted by Gasteiger charge is -2.16. The minimum Gasteiger partial charge on any atom is -0.503 e. The lowest BCUT2D eigenvalue weighted by Crippen LogP contribution is -2.27. The van der Waals surface area contributed by atoms with Gasteiger partial charge in [-0.2, -0.15) is 9.78 Å². The molecule has 170 valence electrons. The number of rotatable bonds is 9. The van der Waals surface area contributed by atoms with Crippen molar-refractivity contribution >= 4 is 33.9 Å². The van der Waals surface area contributed by atoms with Crippen molar-refractivity contribution < 1.29 is 19.3 Å². The Labute approximate surface area is 191 Å². The van der Waals surface area contributed by atoms with Crippen LogP contribution in [0.15, 0.2) is 26.3 Å². The zero-order chi connectivity index (χ0) is 23.3. The summed E-state index contributed by atoms with van der Waals surface area (Å²) in [6.45, 7) is 5.90. The van der Waals surface area contributed by atoms with E-state index in [0.717, 1.165) is 17.8 Å². The molecular formula is C18H22BrN9O4. The predicted octanol–water partition coefficient (Wildman–Crippen LogP) is 1.31. The molecule has 0 atom stereocenters. The highest BCUT2D eigenvalue weighted by atomic mass is 79.9. The number of amides is 1. The van der Waals surface area contributed by atoms with Gasteiger partial charge in [-0.15, -0.1) is 5.10 Å². The van der Waals surface area contributed by atoms with Crippen LogP contribution in [-0.2, 0) is 6.54 Å². The molecule has 0 saturated carbocycles. The highest BCUT2D eigenvalue weighted by Gasteiger charge is 2.25. The molecule has 3 aromatic rings. The van der Waals surface area contributed by atoms with Crippen LogP contribution >= 0.6 is 15.9 Å². The quantitative estimate of drug-likeness (QED) is 0.283. The summed E-state index contributed by atoms with van der Waals surface area (Å²) in [6.07, 6.45) is 1.40. The molecule has 0 bridgehead atoms. The number of nitrogen functional groups attached to an aromatic ring is 1. The third-order valence-corrected chi connectivity index (χ3v) is 5.17. The van der Waals surface area contributed by atoms with Gasteiger partial charge in [0.15, 0.2) is 17.2 Å². The highest BCUT2D eigenvalue weighted by Crippen LogP contribution is 2.34. The number of carbonyl (C=O) groups is 1. The highest BCUT2D eigenvalue weighted by molar-refractivity contribution is 9.10. The van der Waals surface area contributed by atoms with Crippen molar-refractivity contribution in [2.45, 2.75) is 20.4 Å². The van der Waals surface area contributed by atoms with E-state index in [1.807, 2.05) is 13.8 Å². The number of carbonyl (C=O) groups excluding carboxylic acids is 1. The maximum atomic E-state index is 13.0. The molecule has 1 amide bonds. The van der Waals surface area contributed by atoms with Gasteiger partial charge in [0.25, 0.3) is 5.91 Å². The van der Waals surface area contributed by atoms with E-state index in [2.05, 4.69) is 56.6 Å². The normalized spacial score (nSPS) is 11.4. The Morgan fingerprint density at radius 2 is 2.16 bits per heavy atom. The van der Waals surface area contributed by atoms with Crippen LogP contribution in [0.5, 0.6) is 11.5 Å². The van der Waals surface area contributed by atoms with Gasteiger partial charge in [-0.3, -0.25) is 9.69 Å². The van der Waals surface area contributed by atoms with Gasteiger partial charge in [0.05, 0.1) is 17.8 Å². The van der Waals surface area contributed by atoms with Gasteiger partial charge >= 0.3 is 0 Å². The number of methoxy groups -OCH3 is 1. The van der Waals surface area contributed by atoms with Crippen LogP contribution in [0.2, 0.25) is 0 Å². The van der Waals surface area contributed by atoms with Crippen molar-refractivity contribution in [3.63, 3.8) is 0 Å². The number of nitrogens with two attached hydrogens (primary N) is 1. The molecule has 32 heavy (non-hydrogen) atoms. The van der Waals surface area contributed by atoms with Crippen molar-refractivity contribution in [3.8, 4) is 17.3 Å². The summed E-state index contributed by atoms with van der Waals surface area (Å²) in [5, 5.41) is 29.3. The first-order valence-corrected chi connectivity index (χ1v) is 10.3. The minimum absolute atomic E-state index is 0.0384. The maximum Gasteiger partial charge on any atom is 0.292 e. The molecule has 4 N–H and O–H groups in total. The van der Waals surface area contributed by atoms with Crippen LogP contribution in [0.1, 0.15) is 35.6 Å². The second-order valence-corrected chi connectivity index (χ2v) is 7.34. The van der Waals surface area contributed by atoms with E-state index in [9.17, 15) is 9.90 Å². The van der Waals surface area contributed by atoms with Crippen molar-refractivity contribution in [1.82, 2.24) is 35.6 Å². The zero-order valence-corrected chi connectivity index (χ0v) is 19.2. The van der Waals surface area contributed by atoms with Crippen LogP contribution in [0.3, 0.4) is 0 Å². The number of hydrogen-bond acceptors (Lipinski definition) is 11. The molecular weight excluding hydrogens is 486 g/mol. The van der Waals surface area contributed by atoms with E-state index >= 15 is 0 Å². The van der Waals surface area contributed by atoms with Crippen LogP contribution in [0.4, 0.5) is 5.82 Å². The summed E-state index contributed by atoms with van der Waals surface area (Å²) in [6, 6.07) is 3.18. The van der Waals surface area contributed by atoms with Crippen molar-refractivity contribution in [2.24, 2.45) is 5.10 Å². The monoisotopic (exact) mass is 507 g/mol. The summed E-state index contributed by atoms with van der Waals surface area (Å²) in [5.41, 5.74) is 9.31. The molecule has 0 unspecified atom stereocenters. The lowest BCUT2D eigenvalue weighted by atomic mass is 10.2. The number of hydrazone groups is 1. The van der Waals surface area contributed by atoms with E-state index in [-0.39, 0.29) is 28.8 Å². The number of ether oxygens (including phenoxy) is 1. The average Bonchev–Trinajstić information content (AvgIpc) is 3.39. The fraction of sp³-hybridized carbons (Fsp3) is 0.333. The minimum atomic E-state index is -0.583. The van der Waals surface area contributed by atoms with Crippen LogP contribution < -0.4 is 15.9 Å². The smallest absolute Gasteiger partial charge is 0.292 e. The number of phenolic OH excluding ortho intramolecular Hbond substituents is 1. The Balaban J connectivity index is 1.89. The molecule has 0 aliphatic rings. The number of hydrogen-bond donors (Lipinski definition) is 3. The molecule has 0 spiro atoms. The van der Waals surface area contributed by atoms with E-state index in [0.29, 0.717) is 22.3 Å². The first-order valence-electron chi connectivity index (χ1n) is 9.54. The summed E-state index contributed by atoms with van der Waals surface area (Å²) in [4.78, 5) is 15.1. The van der Waals surface area contributed by atoms with E-state index in [4.69, 9.17) is 10.5 Å². The topological polar surface area (TPSA) is 170 Å². The van der Waals surface area contributed by atoms with Gasteiger partial charge in [-0.1, -0.05) is 19.1 Å². The third-order valence-electron chi connectivity index (χ3n) is 4.57. The molecule has 1 aromatic carbocycles. The lowest BCUT2D eigenvalue weighted by molar-refractivity contribution is 0.0945. The second kappa shape index (κ2) is 10.2. The molecule has 2 aromatic heterocycles. The van der Waals surface area contributed by atoms with Gasteiger partial charge in [0.2, 0.25) is 11.6 Å². The van der Waals surface area contributed by atoms with Crippen LogP contribution in [0, 0.1) is 0 Å². The third kappa shape index (κ3) is 4.86. The van der Waals surface area contributed by atoms with Gasteiger partial charge in [0.1, 0.15) is 5.69 Å². The van der Waals surface area contributed by atoms with Gasteiger partial charge < -0.3 is 15.6 Å². The first-order chi connectivity index (χ1) is 15.4. The van der Waals surface area contributed by atoms with E-state index < -0.39 is 5.91 Å². The Hall–Kier alpha value is -3.52. The first kappa shape index (κ1) is 23.1. The van der Waals surface area contributed by atoms with E-state index in [1.54, 1.807) is 12.1 Å². The maximum absolute atomic E-state index is 13.0. The fourth-order valence-corrected chi connectivity index (χ4v) is 3.29. The van der Waals surface area contributed by atoms with Crippen molar-refractivity contribution in [2.75, 3.05) is 25.9 Å². The molecule has 13 nitrogen and oxygen atoms in total. The Morgan fingerprint density at radius 1 is 1.41 bits per heavy atom. The molecule has 14 heteroatoms. The molecule has 2 heterocycles. The Bertz CT molecular complexity index is 1120. The summed E-state index contributed by atoms with van der Waals surface area (Å²) in [5.74, 6) is -0.360. The SMILES string of the molecule is CCN(CC)Cc1nnn(-c2nonc2N)c1C(=O)N/N=C\c1cc(Br)c(O)c(OC)c1. The standard InChI is InChI=1S/C18H22BrN9O4/c1-4-27(5-2)9-12-14(28(26-22-12)17-16(20)24-32-25-17)18(30)23-21-8-10-6-11(19)15(29)13(7-10)31-3/h6-8,29H,4-5,9H2,1-3H3,(H2,20,24)(H,23,30)/b21-8-. The average molecular weight is 508 g/mol. The number of halogens is 1. The number of nitrogens with one attached hydrogen (secondary N) is 1. The zero-order valence-electron chi connectivity index (χ0n) is 17.6. The predicted molar refractivity (Wildman–Crippen MR) is 118 cm³/mol. The second-order valence-electron chi connectivity index (χ2n) is 6.48. The molecule has 0 aliphatic heterocycles. The molecule has 0 radical (unpaired) electrons. The number of aromatic hydroxyl groups is 1. The van der Waals surface area contributed by atoms with Gasteiger partial charge in [0, 0.05) is 6.54 Å². The van der Waals surface area contributed by atoms with Crippen LogP contribution in [0.25, 0.3) is 5.82 Å². The molecule has 3 rings (SSSR count). The number of benzene rings is 1. The number of aromatic nitrogens is 5. The Morgan fingerprint density at radius 3 is 2.78 bits per heavy atom. The molecule has 0 saturated heterocycles. The molecule has 0 fully saturated rings. The summed E-state index contributed by atoms with van der Waals surface area (Å²) in [7, 11) is 1.43. The fourth-order valence-electron chi connectivity index (χ4n) is 2.83.